The van der Waals surface area contributed by atoms with Gasteiger partial charge in [0, 0.05) is 5.56 Å². The van der Waals surface area contributed by atoms with Crippen LogP contribution in [-0.2, 0) is 0 Å². The van der Waals surface area contributed by atoms with Crippen LogP contribution in [0.1, 0.15) is 52.5 Å². The minimum absolute atomic E-state index is 0.131. The molecule has 0 radical (unpaired) electrons. The molecule has 0 saturated carbocycles. The number of carboxylic acids is 1. The zero-order valence-electron chi connectivity index (χ0n) is 14.5. The summed E-state index contributed by atoms with van der Waals surface area (Å²) in [6.07, 6.45) is 3.21. The van der Waals surface area contributed by atoms with Gasteiger partial charge in [-0.05, 0) is 48.9 Å². The Morgan fingerprint density at radius 2 is 1.88 bits per heavy atom. The molecular formula is C20H20N2O4. The first-order valence-corrected chi connectivity index (χ1v) is 8.36. The Bertz CT molecular complexity index is 823. The molecule has 0 aliphatic rings. The van der Waals surface area contributed by atoms with E-state index in [9.17, 15) is 14.7 Å². The van der Waals surface area contributed by atoms with Gasteiger partial charge < -0.3 is 15.2 Å². The van der Waals surface area contributed by atoms with E-state index in [0.29, 0.717) is 17.9 Å². The van der Waals surface area contributed by atoms with Crippen LogP contribution in [0.4, 0.5) is 5.69 Å². The molecule has 0 aromatic heterocycles. The topological polar surface area (TPSA) is 99.4 Å². The maximum Gasteiger partial charge on any atom is 0.337 e. The van der Waals surface area contributed by atoms with Crippen LogP contribution in [0.25, 0.3) is 0 Å². The Kier molecular flexibility index (Phi) is 6.75. The van der Waals surface area contributed by atoms with Crippen molar-refractivity contribution < 1.29 is 19.4 Å². The number of anilines is 1. The lowest BCUT2D eigenvalue weighted by atomic mass is 10.1. The Hall–Kier alpha value is -3.33. The van der Waals surface area contributed by atoms with Crippen molar-refractivity contribution in [2.24, 2.45) is 0 Å². The number of unbranched alkanes of at least 4 members (excludes halogenated alkanes) is 2. The van der Waals surface area contributed by atoms with E-state index >= 15 is 0 Å². The molecule has 0 bridgehead atoms. The molecule has 0 fully saturated rings. The van der Waals surface area contributed by atoms with E-state index in [0.717, 1.165) is 19.3 Å². The van der Waals surface area contributed by atoms with Crippen LogP contribution >= 0.6 is 0 Å². The van der Waals surface area contributed by atoms with Crippen LogP contribution in [0.5, 0.6) is 5.75 Å². The summed E-state index contributed by atoms with van der Waals surface area (Å²) in [7, 11) is 0. The third-order valence-electron chi connectivity index (χ3n) is 3.76. The number of nitrogens with one attached hydrogen (secondary N) is 1. The first-order chi connectivity index (χ1) is 12.5. The molecule has 2 rings (SSSR count). The number of nitriles is 1. The van der Waals surface area contributed by atoms with Crippen molar-refractivity contribution in [3.8, 4) is 11.8 Å². The number of carboxylic acid groups (broad SMARTS) is 1. The van der Waals surface area contributed by atoms with Gasteiger partial charge in [-0.3, -0.25) is 4.79 Å². The summed E-state index contributed by atoms with van der Waals surface area (Å²) in [5.74, 6) is -0.967. The molecule has 6 nitrogen and oxygen atoms in total. The number of amides is 1. The van der Waals surface area contributed by atoms with Crippen LogP contribution < -0.4 is 10.1 Å². The number of hydrogen-bond donors (Lipinski definition) is 2. The summed E-state index contributed by atoms with van der Waals surface area (Å²) in [6, 6.07) is 12.6. The molecule has 0 unspecified atom stereocenters. The highest BCUT2D eigenvalue weighted by Gasteiger charge is 2.14. The summed E-state index contributed by atoms with van der Waals surface area (Å²) >= 11 is 0. The number of nitrogens with zero attached hydrogens (tertiary/aromatic N) is 1. The van der Waals surface area contributed by atoms with Gasteiger partial charge in [0.25, 0.3) is 5.91 Å². The average Bonchev–Trinajstić information content (AvgIpc) is 2.65. The minimum atomic E-state index is -1.21. The fourth-order valence-electron chi connectivity index (χ4n) is 2.34. The number of hydrogen-bond acceptors (Lipinski definition) is 4. The second-order valence-electron chi connectivity index (χ2n) is 5.71. The monoisotopic (exact) mass is 352 g/mol. The predicted molar refractivity (Wildman–Crippen MR) is 97.5 cm³/mol. The third kappa shape index (κ3) is 5.08. The lowest BCUT2D eigenvalue weighted by molar-refractivity contribution is 0.0698. The molecule has 0 saturated heterocycles. The van der Waals surface area contributed by atoms with Crippen LogP contribution in [0, 0.1) is 11.3 Å². The van der Waals surface area contributed by atoms with E-state index in [1.165, 1.54) is 18.2 Å². The summed E-state index contributed by atoms with van der Waals surface area (Å²) in [4.78, 5) is 23.7. The minimum Gasteiger partial charge on any atom is -0.494 e. The van der Waals surface area contributed by atoms with Gasteiger partial charge in [0.1, 0.15) is 5.75 Å². The number of benzene rings is 2. The SMILES string of the molecule is CCCCCOc1ccc(C(=O)Nc2ccc(C#N)cc2C(=O)O)cc1. The van der Waals surface area contributed by atoms with Gasteiger partial charge in [0.15, 0.2) is 0 Å². The van der Waals surface area contributed by atoms with E-state index < -0.39 is 11.9 Å². The smallest absolute Gasteiger partial charge is 0.337 e. The molecule has 2 aromatic carbocycles. The maximum atomic E-state index is 12.3. The Morgan fingerprint density at radius 3 is 2.50 bits per heavy atom. The van der Waals surface area contributed by atoms with Crippen molar-refractivity contribution in [3.63, 3.8) is 0 Å². The molecule has 0 heterocycles. The fraction of sp³-hybridized carbons (Fsp3) is 0.250. The summed E-state index contributed by atoms with van der Waals surface area (Å²) < 4.78 is 5.60. The molecule has 2 N–H and O–H groups in total. The van der Waals surface area contributed by atoms with E-state index in [4.69, 9.17) is 10.00 Å². The first kappa shape index (κ1) is 19.0. The summed E-state index contributed by atoms with van der Waals surface area (Å²) in [5.41, 5.74) is 0.603. The van der Waals surface area contributed by atoms with Gasteiger partial charge in [0.05, 0.1) is 29.5 Å². The van der Waals surface area contributed by atoms with Gasteiger partial charge in [0.2, 0.25) is 0 Å². The highest BCUT2D eigenvalue weighted by atomic mass is 16.5. The molecule has 0 spiro atoms. The van der Waals surface area contributed by atoms with Crippen LogP contribution in [0.3, 0.4) is 0 Å². The average molecular weight is 352 g/mol. The highest BCUT2D eigenvalue weighted by molar-refractivity contribution is 6.07. The highest BCUT2D eigenvalue weighted by Crippen LogP contribution is 2.19. The first-order valence-electron chi connectivity index (χ1n) is 8.36. The van der Waals surface area contributed by atoms with Gasteiger partial charge >= 0.3 is 5.97 Å². The van der Waals surface area contributed by atoms with E-state index in [1.54, 1.807) is 24.3 Å². The van der Waals surface area contributed by atoms with Gasteiger partial charge in [-0.15, -0.1) is 0 Å². The Labute approximate surface area is 152 Å². The zero-order chi connectivity index (χ0) is 18.9. The van der Waals surface area contributed by atoms with Gasteiger partial charge in [-0.25, -0.2) is 4.79 Å². The normalized spacial score (nSPS) is 10.0. The molecule has 1 amide bonds. The fourth-order valence-corrected chi connectivity index (χ4v) is 2.34. The molecule has 26 heavy (non-hydrogen) atoms. The van der Waals surface area contributed by atoms with Gasteiger partial charge in [-0.1, -0.05) is 19.8 Å². The molecule has 134 valence electrons. The predicted octanol–water partition coefficient (Wildman–Crippen LogP) is 4.08. The third-order valence-corrected chi connectivity index (χ3v) is 3.76. The summed E-state index contributed by atoms with van der Waals surface area (Å²) in [6.45, 7) is 2.75. The van der Waals surface area contributed by atoms with E-state index in [2.05, 4.69) is 12.2 Å². The summed E-state index contributed by atoms with van der Waals surface area (Å²) in [5, 5.41) is 20.7. The zero-order valence-corrected chi connectivity index (χ0v) is 14.5. The standard InChI is InChI=1S/C20H20N2O4/c1-2-3-4-11-26-16-8-6-15(7-9-16)19(23)22-18-10-5-14(13-21)12-17(18)20(24)25/h5-10,12H,2-4,11H2,1H3,(H,22,23)(H,24,25). The molecule has 6 heteroatoms. The van der Waals surface area contributed by atoms with Crippen molar-refractivity contribution in [2.75, 3.05) is 11.9 Å². The lowest BCUT2D eigenvalue weighted by Crippen LogP contribution is -2.15. The van der Waals surface area contributed by atoms with Crippen molar-refractivity contribution in [2.45, 2.75) is 26.2 Å². The molecule has 2 aromatic rings. The van der Waals surface area contributed by atoms with Crippen molar-refractivity contribution in [3.05, 3.63) is 59.2 Å². The maximum absolute atomic E-state index is 12.3. The largest absolute Gasteiger partial charge is 0.494 e. The number of carbonyl (C=O) groups excluding carboxylic acids is 1. The van der Waals surface area contributed by atoms with E-state index in [1.807, 2.05) is 6.07 Å². The van der Waals surface area contributed by atoms with Crippen LogP contribution in [-0.4, -0.2) is 23.6 Å². The number of carbonyl (C=O) groups is 2. The Balaban J connectivity index is 2.06. The second-order valence-corrected chi connectivity index (χ2v) is 5.71. The van der Waals surface area contributed by atoms with E-state index in [-0.39, 0.29) is 16.8 Å². The van der Waals surface area contributed by atoms with Crippen LogP contribution in [0.15, 0.2) is 42.5 Å². The molecule has 0 aliphatic carbocycles. The molecule has 0 atom stereocenters. The number of rotatable bonds is 8. The van der Waals surface area contributed by atoms with Crippen molar-refractivity contribution in [1.29, 1.82) is 5.26 Å². The number of aromatic carboxylic acids is 1. The lowest BCUT2D eigenvalue weighted by Gasteiger charge is -2.10. The second kappa shape index (κ2) is 9.23. The molecular weight excluding hydrogens is 332 g/mol. The van der Waals surface area contributed by atoms with Crippen molar-refractivity contribution in [1.82, 2.24) is 0 Å². The Morgan fingerprint density at radius 1 is 1.15 bits per heavy atom. The van der Waals surface area contributed by atoms with Gasteiger partial charge in [-0.2, -0.15) is 5.26 Å². The molecule has 0 aliphatic heterocycles. The van der Waals surface area contributed by atoms with Crippen LogP contribution in [0.2, 0.25) is 0 Å². The quantitative estimate of drug-likeness (QED) is 0.697. The number of ether oxygens (including phenoxy) is 1. The van der Waals surface area contributed by atoms with Crippen molar-refractivity contribution >= 4 is 17.6 Å².